The molecular weight excluding hydrogens is 244 g/mol. The number of aryl methyl sites for hydroxylation is 1. The summed E-state index contributed by atoms with van der Waals surface area (Å²) in [5.74, 6) is 0.688. The molecule has 1 amide bonds. The topological polar surface area (TPSA) is 51.5 Å². The molecule has 1 aliphatic heterocycles. The normalized spacial score (nSPS) is 19.2. The monoisotopic (exact) mass is 262 g/mol. The average molecular weight is 262 g/mol. The van der Waals surface area contributed by atoms with Gasteiger partial charge in [0.2, 0.25) is 5.91 Å². The number of carbonyl (C=O) groups is 1. The molecule has 1 aromatic rings. The van der Waals surface area contributed by atoms with Gasteiger partial charge in [-0.05, 0) is 25.8 Å². The minimum Gasteiger partial charge on any atom is -0.486 e. The van der Waals surface area contributed by atoms with Crippen molar-refractivity contribution in [2.75, 3.05) is 13.1 Å². The Morgan fingerprint density at radius 3 is 2.53 bits per heavy atom. The van der Waals surface area contributed by atoms with Gasteiger partial charge in [0.15, 0.2) is 0 Å². The fourth-order valence-electron chi connectivity index (χ4n) is 2.51. The number of amides is 1. The molecule has 2 aliphatic rings. The smallest absolute Gasteiger partial charge is 0.254 e. The molecule has 0 unspecified atom stereocenters. The molecular formula is C14H18N2O3. The van der Waals surface area contributed by atoms with Crippen molar-refractivity contribution in [1.29, 1.82) is 0 Å². The molecule has 2 fully saturated rings. The summed E-state index contributed by atoms with van der Waals surface area (Å²) >= 11 is 0. The number of hydrogen-bond acceptors (Lipinski definition) is 3. The summed E-state index contributed by atoms with van der Waals surface area (Å²) in [5.41, 5.74) is 0.966. The van der Waals surface area contributed by atoms with Crippen LogP contribution in [0.5, 0.6) is 5.75 Å². The molecule has 102 valence electrons. The van der Waals surface area contributed by atoms with E-state index in [1.54, 1.807) is 17.9 Å². The summed E-state index contributed by atoms with van der Waals surface area (Å²) < 4.78 is 7.58. The van der Waals surface area contributed by atoms with Crippen LogP contribution in [0.2, 0.25) is 0 Å². The van der Waals surface area contributed by atoms with Gasteiger partial charge in [0.1, 0.15) is 11.9 Å². The Labute approximate surface area is 111 Å². The van der Waals surface area contributed by atoms with Crippen molar-refractivity contribution in [3.05, 3.63) is 28.2 Å². The lowest BCUT2D eigenvalue weighted by Crippen LogP contribution is -2.55. The molecule has 1 saturated heterocycles. The summed E-state index contributed by atoms with van der Waals surface area (Å²) in [7, 11) is 0. The van der Waals surface area contributed by atoms with Crippen LogP contribution in [0.4, 0.5) is 0 Å². The fourth-order valence-corrected chi connectivity index (χ4v) is 2.51. The third-order valence-corrected chi connectivity index (χ3v) is 3.74. The zero-order valence-electron chi connectivity index (χ0n) is 11.3. The fraction of sp³-hybridized carbons (Fsp3) is 0.571. The summed E-state index contributed by atoms with van der Waals surface area (Å²) in [6, 6.07) is 3.86. The van der Waals surface area contributed by atoms with Crippen molar-refractivity contribution >= 4 is 5.91 Å². The van der Waals surface area contributed by atoms with E-state index in [1.807, 2.05) is 17.6 Å². The van der Waals surface area contributed by atoms with Gasteiger partial charge in [-0.25, -0.2) is 0 Å². The summed E-state index contributed by atoms with van der Waals surface area (Å²) in [6.45, 7) is 4.71. The van der Waals surface area contributed by atoms with E-state index >= 15 is 0 Å². The van der Waals surface area contributed by atoms with Gasteiger partial charge in [0.25, 0.3) is 5.56 Å². The number of likely N-dealkylation sites (tertiary alicyclic amines) is 1. The number of nitrogens with zero attached hydrogens (tertiary/aromatic N) is 2. The number of pyridine rings is 1. The Kier molecular flexibility index (Phi) is 2.84. The van der Waals surface area contributed by atoms with Crippen LogP contribution in [-0.2, 0) is 4.79 Å². The lowest BCUT2D eigenvalue weighted by Gasteiger charge is -2.38. The van der Waals surface area contributed by atoms with E-state index in [4.69, 9.17) is 4.74 Å². The lowest BCUT2D eigenvalue weighted by atomic mass is 10.1. The highest BCUT2D eigenvalue weighted by molar-refractivity contribution is 5.74. The van der Waals surface area contributed by atoms with E-state index in [1.165, 1.54) is 0 Å². The Bertz CT molecular complexity index is 569. The van der Waals surface area contributed by atoms with Crippen molar-refractivity contribution in [2.45, 2.75) is 38.8 Å². The maximum absolute atomic E-state index is 12.0. The zero-order chi connectivity index (χ0) is 13.6. The highest BCUT2D eigenvalue weighted by Gasteiger charge is 2.31. The molecule has 2 heterocycles. The minimum atomic E-state index is 0.0134. The van der Waals surface area contributed by atoms with Crippen LogP contribution in [-0.4, -0.2) is 34.6 Å². The molecule has 3 rings (SSSR count). The van der Waals surface area contributed by atoms with Crippen molar-refractivity contribution in [2.24, 2.45) is 0 Å². The summed E-state index contributed by atoms with van der Waals surface area (Å²) in [4.78, 5) is 24.8. The molecule has 19 heavy (non-hydrogen) atoms. The number of rotatable bonds is 3. The van der Waals surface area contributed by atoms with E-state index in [0.717, 1.165) is 18.5 Å². The lowest BCUT2D eigenvalue weighted by molar-refractivity contribution is -0.137. The van der Waals surface area contributed by atoms with Crippen molar-refractivity contribution in [1.82, 2.24) is 9.47 Å². The molecule has 0 bridgehead atoms. The van der Waals surface area contributed by atoms with Crippen LogP contribution >= 0.6 is 0 Å². The van der Waals surface area contributed by atoms with Crippen LogP contribution in [0.15, 0.2) is 16.9 Å². The number of aromatic nitrogens is 1. The molecule has 0 atom stereocenters. The first-order valence-electron chi connectivity index (χ1n) is 6.70. The van der Waals surface area contributed by atoms with Gasteiger partial charge in [-0.1, -0.05) is 0 Å². The molecule has 0 radical (unpaired) electrons. The van der Waals surface area contributed by atoms with E-state index in [-0.39, 0.29) is 17.6 Å². The van der Waals surface area contributed by atoms with Gasteiger partial charge in [-0.15, -0.1) is 0 Å². The van der Waals surface area contributed by atoms with E-state index in [0.29, 0.717) is 24.9 Å². The molecule has 1 aromatic heterocycles. The number of carbonyl (C=O) groups excluding carboxylic acids is 1. The van der Waals surface area contributed by atoms with Gasteiger partial charge >= 0.3 is 0 Å². The van der Waals surface area contributed by atoms with E-state index < -0.39 is 0 Å². The van der Waals surface area contributed by atoms with Crippen molar-refractivity contribution in [3.8, 4) is 5.75 Å². The van der Waals surface area contributed by atoms with Crippen LogP contribution in [0, 0.1) is 6.92 Å². The second kappa shape index (κ2) is 4.40. The Hall–Kier alpha value is -1.78. The van der Waals surface area contributed by atoms with Gasteiger partial charge in [0.05, 0.1) is 13.1 Å². The Morgan fingerprint density at radius 2 is 2.00 bits per heavy atom. The summed E-state index contributed by atoms with van der Waals surface area (Å²) in [5, 5.41) is 0. The predicted octanol–water partition coefficient (Wildman–Crippen LogP) is 1.10. The zero-order valence-corrected chi connectivity index (χ0v) is 11.3. The largest absolute Gasteiger partial charge is 0.486 e. The van der Waals surface area contributed by atoms with Gasteiger partial charge in [-0.2, -0.15) is 0 Å². The maximum Gasteiger partial charge on any atom is 0.254 e. The third kappa shape index (κ3) is 2.37. The number of ether oxygens (including phenoxy) is 1. The SMILES string of the molecule is CC(=O)N1CC(Oc2cc(C)n(C3CC3)c(=O)c2)C1. The first-order chi connectivity index (χ1) is 9.04. The molecule has 1 aliphatic carbocycles. The van der Waals surface area contributed by atoms with E-state index in [9.17, 15) is 9.59 Å². The highest BCUT2D eigenvalue weighted by Crippen LogP contribution is 2.34. The van der Waals surface area contributed by atoms with Crippen molar-refractivity contribution < 1.29 is 9.53 Å². The molecule has 0 spiro atoms. The van der Waals surface area contributed by atoms with Crippen LogP contribution < -0.4 is 10.3 Å². The van der Waals surface area contributed by atoms with Crippen LogP contribution in [0.1, 0.15) is 31.5 Å². The minimum absolute atomic E-state index is 0.0134. The first kappa shape index (κ1) is 12.3. The van der Waals surface area contributed by atoms with Crippen LogP contribution in [0.25, 0.3) is 0 Å². The second-order valence-corrected chi connectivity index (χ2v) is 5.44. The van der Waals surface area contributed by atoms with Gasteiger partial charge < -0.3 is 14.2 Å². The molecule has 5 heteroatoms. The standard InChI is InChI=1S/C14H18N2O3/c1-9-5-12(6-14(18)16(9)11-3-4-11)19-13-7-15(8-13)10(2)17/h5-6,11,13H,3-4,7-8H2,1-2H3. The highest BCUT2D eigenvalue weighted by atomic mass is 16.5. The van der Waals surface area contributed by atoms with Gasteiger partial charge in [-0.3, -0.25) is 9.59 Å². The average Bonchev–Trinajstić information content (AvgIpc) is 3.05. The molecule has 1 saturated carbocycles. The Balaban J connectivity index is 1.69. The molecule has 0 aromatic carbocycles. The second-order valence-electron chi connectivity index (χ2n) is 5.44. The van der Waals surface area contributed by atoms with Crippen LogP contribution in [0.3, 0.4) is 0 Å². The van der Waals surface area contributed by atoms with Gasteiger partial charge in [0, 0.05) is 24.7 Å². The molecule has 5 nitrogen and oxygen atoms in total. The molecule has 0 N–H and O–H groups in total. The predicted molar refractivity (Wildman–Crippen MR) is 70.4 cm³/mol. The summed E-state index contributed by atoms with van der Waals surface area (Å²) in [6.07, 6.45) is 2.20. The van der Waals surface area contributed by atoms with Crippen molar-refractivity contribution in [3.63, 3.8) is 0 Å². The van der Waals surface area contributed by atoms with E-state index in [2.05, 4.69) is 0 Å². The maximum atomic E-state index is 12.0. The first-order valence-corrected chi connectivity index (χ1v) is 6.70. The third-order valence-electron chi connectivity index (χ3n) is 3.74. The number of hydrogen-bond donors (Lipinski definition) is 0. The Morgan fingerprint density at radius 1 is 1.32 bits per heavy atom. The quantitative estimate of drug-likeness (QED) is 0.819.